The first-order valence-corrected chi connectivity index (χ1v) is 22.4. The summed E-state index contributed by atoms with van der Waals surface area (Å²) < 4.78 is 15.4. The van der Waals surface area contributed by atoms with Crippen LogP contribution < -0.4 is 15.2 Å². The molecule has 1 saturated heterocycles. The lowest BCUT2D eigenvalue weighted by Gasteiger charge is -2.83. The molecule has 9 nitrogen and oxygen atoms in total. The first kappa shape index (κ1) is 37.1. The number of anilines is 1. The molecule has 13 rings (SSSR count). The molecule has 59 heavy (non-hydrogen) atoms. The van der Waals surface area contributed by atoms with Gasteiger partial charge in [0.05, 0.1) is 11.4 Å². The number of nitrogens with two attached hydrogens (primary N) is 1. The van der Waals surface area contributed by atoms with Crippen molar-refractivity contribution in [3.63, 3.8) is 0 Å². The van der Waals surface area contributed by atoms with Crippen LogP contribution in [-0.4, -0.2) is 43.6 Å². The zero-order valence-corrected chi connectivity index (χ0v) is 35.3. The second-order valence-corrected chi connectivity index (χ2v) is 19.8. The van der Waals surface area contributed by atoms with Gasteiger partial charge in [-0.25, -0.2) is 14.6 Å². The lowest BCUT2D eigenvalue weighted by molar-refractivity contribution is -0.352. The standard InChI is InChI=1S/C50H58N6O3/c1-6-12-41(57)55-20-11-15-36(27-55)56-45-42(44(51)52-30-53-45)43(54-56)33-16-18-37(19-17-33)59-39-22-34(21-38(23-39)58-28-32-13-9-8-10-14-32)48(7-2)24-35-25-49-31(3)47(5)46(35,4)29-50(47,49)40(49)26-48/h8-10,13-14,16-19,21-23,30-31,35-36,40H,6-7,11-12,15,20,24-29H2,1-5H3,(H2,51,52,53). The first-order chi connectivity index (χ1) is 28.5. The van der Waals surface area contributed by atoms with E-state index in [4.69, 9.17) is 20.3 Å². The van der Waals surface area contributed by atoms with E-state index in [2.05, 4.69) is 80.1 Å². The summed E-state index contributed by atoms with van der Waals surface area (Å²) >= 11 is 0. The number of nitrogen functional groups attached to an aromatic ring is 1. The zero-order valence-electron chi connectivity index (χ0n) is 35.3. The summed E-state index contributed by atoms with van der Waals surface area (Å²) in [5.41, 5.74) is 13.6. The summed E-state index contributed by atoms with van der Waals surface area (Å²) in [5, 5.41) is 5.87. The molecular formula is C50H58N6O3. The van der Waals surface area contributed by atoms with Gasteiger partial charge < -0.3 is 20.1 Å². The summed E-state index contributed by atoms with van der Waals surface area (Å²) in [4.78, 5) is 23.9. The van der Waals surface area contributed by atoms with E-state index in [-0.39, 0.29) is 17.4 Å². The highest BCUT2D eigenvalue weighted by Crippen LogP contribution is 3.09. The number of aromatic nitrogens is 4. The smallest absolute Gasteiger partial charge is 0.222 e. The Bertz CT molecular complexity index is 2460. The van der Waals surface area contributed by atoms with E-state index in [1.54, 1.807) is 0 Å². The largest absolute Gasteiger partial charge is 0.489 e. The molecule has 7 aliphatic carbocycles. The summed E-state index contributed by atoms with van der Waals surface area (Å²) in [6, 6.07) is 25.3. The number of benzene rings is 3. The molecule has 2 N–H and O–H groups in total. The van der Waals surface area contributed by atoms with Gasteiger partial charge in [0, 0.05) is 31.1 Å². The fraction of sp³-hybridized carbons (Fsp3) is 0.520. The predicted molar refractivity (Wildman–Crippen MR) is 230 cm³/mol. The molecule has 3 aromatic carbocycles. The van der Waals surface area contributed by atoms with E-state index in [1.165, 1.54) is 37.6 Å². The van der Waals surface area contributed by atoms with Gasteiger partial charge in [0.2, 0.25) is 5.91 Å². The third kappa shape index (κ3) is 4.79. The third-order valence-electron chi connectivity index (χ3n) is 17.9. The minimum Gasteiger partial charge on any atom is -0.489 e. The van der Waals surface area contributed by atoms with Crippen LogP contribution in [0.2, 0.25) is 0 Å². The molecule has 0 radical (unpaired) electrons. The highest BCUT2D eigenvalue weighted by atomic mass is 16.5. The van der Waals surface area contributed by atoms with E-state index >= 15 is 0 Å². The van der Waals surface area contributed by atoms with Crippen molar-refractivity contribution in [1.29, 1.82) is 0 Å². The average Bonchev–Trinajstić information content (AvgIpc) is 3.66. The van der Waals surface area contributed by atoms with Crippen molar-refractivity contribution in [1.82, 2.24) is 24.6 Å². The molecule has 1 aliphatic heterocycles. The molecule has 7 saturated carbocycles. The van der Waals surface area contributed by atoms with Crippen LogP contribution in [0.3, 0.4) is 0 Å². The fourth-order valence-electron chi connectivity index (χ4n) is 15.0. The topological polar surface area (TPSA) is 108 Å². The number of hydrogen-bond donors (Lipinski definition) is 1. The second-order valence-electron chi connectivity index (χ2n) is 19.8. The molecule has 2 spiro atoms. The predicted octanol–water partition coefficient (Wildman–Crippen LogP) is 10.5. The Balaban J connectivity index is 0.909. The van der Waals surface area contributed by atoms with Crippen LogP contribution in [-0.2, 0) is 16.8 Å². The van der Waals surface area contributed by atoms with E-state index in [0.717, 1.165) is 89.4 Å². The van der Waals surface area contributed by atoms with Gasteiger partial charge in [-0.05, 0) is 144 Å². The molecule has 9 atom stereocenters. The Hall–Kier alpha value is -4.92. The van der Waals surface area contributed by atoms with Crippen LogP contribution >= 0.6 is 0 Å². The SMILES string of the molecule is CCCC(=O)N1CCCC(n2nc(-c3ccc(Oc4cc(OCc5ccccc5)cc(C5(CC)CC6CC78C(C)C9(C)C6(C)CC79C8C5)c4)cc3)c3c(N)ncnc32)C1. The third-order valence-corrected chi connectivity index (χ3v) is 17.9. The number of likely N-dealkylation sites (tertiary alicyclic amines) is 1. The molecule has 1 amide bonds. The lowest BCUT2D eigenvalue weighted by atomic mass is 9.21. The van der Waals surface area contributed by atoms with E-state index in [1.807, 2.05) is 46.8 Å². The molecule has 5 bridgehead atoms. The number of ether oxygens (including phenoxy) is 2. The molecule has 9 unspecified atom stereocenters. The van der Waals surface area contributed by atoms with Crippen LogP contribution in [0.15, 0.2) is 79.1 Å². The van der Waals surface area contributed by atoms with Crippen LogP contribution in [0.5, 0.6) is 17.2 Å². The van der Waals surface area contributed by atoms with Crippen LogP contribution in [0.25, 0.3) is 22.3 Å². The monoisotopic (exact) mass is 790 g/mol. The number of carbonyl (C=O) groups is 1. The summed E-state index contributed by atoms with van der Waals surface area (Å²) in [6.45, 7) is 14.3. The Kier molecular flexibility index (Phi) is 8.05. The molecule has 2 aromatic heterocycles. The van der Waals surface area contributed by atoms with E-state index in [9.17, 15) is 4.79 Å². The highest BCUT2D eigenvalue weighted by molar-refractivity contribution is 5.98. The lowest BCUT2D eigenvalue weighted by Crippen LogP contribution is -2.77. The molecular weight excluding hydrogens is 733 g/mol. The van der Waals surface area contributed by atoms with E-state index < -0.39 is 0 Å². The van der Waals surface area contributed by atoms with Crippen LogP contribution in [0, 0.1) is 39.4 Å². The normalized spacial score (nSPS) is 34.7. The first-order valence-electron chi connectivity index (χ1n) is 22.4. The molecule has 8 aliphatic rings. The van der Waals surface area contributed by atoms with Crippen molar-refractivity contribution in [3.8, 4) is 28.5 Å². The van der Waals surface area contributed by atoms with Gasteiger partial charge >= 0.3 is 0 Å². The summed E-state index contributed by atoms with van der Waals surface area (Å²) in [7, 11) is 0. The van der Waals surface area contributed by atoms with Gasteiger partial charge in [0.15, 0.2) is 5.65 Å². The van der Waals surface area contributed by atoms with Gasteiger partial charge in [0.1, 0.15) is 41.7 Å². The van der Waals surface area contributed by atoms with E-state index in [0.29, 0.717) is 52.7 Å². The van der Waals surface area contributed by atoms with Crippen molar-refractivity contribution in [3.05, 3.63) is 90.3 Å². The number of rotatable bonds is 11. The van der Waals surface area contributed by atoms with Crippen LogP contribution in [0.1, 0.15) is 110 Å². The number of amides is 1. The number of fused-ring (bicyclic) bond motifs is 1. The average molecular weight is 791 g/mol. The zero-order chi connectivity index (χ0) is 40.5. The number of piperidine rings is 1. The summed E-state index contributed by atoms with van der Waals surface area (Å²) in [5.74, 6) is 5.40. The second kappa shape index (κ2) is 12.8. The fourth-order valence-corrected chi connectivity index (χ4v) is 15.0. The quantitative estimate of drug-likeness (QED) is 0.142. The van der Waals surface area contributed by atoms with Crippen molar-refractivity contribution < 1.29 is 14.3 Å². The number of carbonyl (C=O) groups excluding carboxylic acids is 1. The molecule has 8 fully saturated rings. The molecule has 5 aromatic rings. The van der Waals surface area contributed by atoms with Gasteiger partial charge in [-0.1, -0.05) is 65.0 Å². The maximum atomic E-state index is 12.9. The minimum atomic E-state index is 0.00859. The molecule has 306 valence electrons. The van der Waals surface area contributed by atoms with Gasteiger partial charge in [-0.3, -0.25) is 4.79 Å². The van der Waals surface area contributed by atoms with Crippen molar-refractivity contribution in [2.24, 2.45) is 39.4 Å². The van der Waals surface area contributed by atoms with Gasteiger partial charge in [-0.2, -0.15) is 5.10 Å². The van der Waals surface area contributed by atoms with Crippen molar-refractivity contribution >= 4 is 22.8 Å². The molecule has 3 heterocycles. The van der Waals surface area contributed by atoms with Crippen molar-refractivity contribution in [2.75, 3.05) is 18.8 Å². The Morgan fingerprint density at radius 2 is 1.75 bits per heavy atom. The van der Waals surface area contributed by atoms with Gasteiger partial charge in [-0.15, -0.1) is 0 Å². The maximum Gasteiger partial charge on any atom is 0.222 e. The maximum absolute atomic E-state index is 12.9. The minimum absolute atomic E-state index is 0.00859. The summed E-state index contributed by atoms with van der Waals surface area (Å²) in [6.07, 6.45) is 11.3. The Morgan fingerprint density at radius 1 is 0.949 bits per heavy atom. The van der Waals surface area contributed by atoms with Crippen LogP contribution in [0.4, 0.5) is 5.82 Å². The number of nitrogens with zero attached hydrogens (tertiary/aromatic N) is 5. The van der Waals surface area contributed by atoms with Gasteiger partial charge in [0.25, 0.3) is 0 Å². The Labute approximate surface area is 348 Å². The highest BCUT2D eigenvalue weighted by Gasteiger charge is 3.04. The molecule has 9 heteroatoms. The number of hydrogen-bond acceptors (Lipinski definition) is 7. The Morgan fingerprint density at radius 3 is 2.53 bits per heavy atom. The van der Waals surface area contributed by atoms with Crippen molar-refractivity contribution in [2.45, 2.75) is 110 Å².